The minimum Gasteiger partial charge on any atom is -0.423 e. The van der Waals surface area contributed by atoms with Crippen molar-refractivity contribution in [2.24, 2.45) is 0 Å². The summed E-state index contributed by atoms with van der Waals surface area (Å²) in [5.41, 5.74) is 0.520. The first-order chi connectivity index (χ1) is 5.11. The Morgan fingerprint density at radius 2 is 2.09 bits per heavy atom. The molecule has 0 atom stereocenters. The Morgan fingerprint density at radius 1 is 1.45 bits per heavy atom. The molecule has 0 saturated heterocycles. The highest BCUT2D eigenvalue weighted by atomic mass is 19.1. The van der Waals surface area contributed by atoms with Crippen molar-refractivity contribution in [3.63, 3.8) is 0 Å². The number of hydrogen-bond acceptors (Lipinski definition) is 3. The first-order valence-corrected chi connectivity index (χ1v) is 3.10. The Labute approximate surface area is 63.7 Å². The van der Waals surface area contributed by atoms with Crippen LogP contribution in [-0.4, -0.2) is 22.2 Å². The number of aromatic nitrogens is 1. The molecule has 1 aromatic rings. The van der Waals surface area contributed by atoms with Gasteiger partial charge in [-0.2, -0.15) is 4.39 Å². The van der Waals surface area contributed by atoms with E-state index in [4.69, 9.17) is 10.0 Å². The van der Waals surface area contributed by atoms with Crippen LogP contribution in [0.15, 0.2) is 12.1 Å². The van der Waals surface area contributed by atoms with Gasteiger partial charge in [0.05, 0.1) is 0 Å². The number of pyridine rings is 1. The number of aryl methyl sites for hydroxylation is 1. The molecule has 0 aliphatic rings. The SMILES string of the molecule is Cc1nc(F)ccc1B(O)O. The maximum atomic E-state index is 12.3. The molecule has 1 aromatic heterocycles. The van der Waals surface area contributed by atoms with E-state index in [1.807, 2.05) is 0 Å². The predicted octanol–water partition coefficient (Wildman–Crippen LogP) is -0.791. The van der Waals surface area contributed by atoms with Crippen LogP contribution in [0, 0.1) is 12.9 Å². The molecule has 0 bridgehead atoms. The van der Waals surface area contributed by atoms with E-state index < -0.39 is 13.1 Å². The third kappa shape index (κ3) is 1.75. The molecule has 0 fully saturated rings. The van der Waals surface area contributed by atoms with Crippen LogP contribution in [0.1, 0.15) is 5.69 Å². The van der Waals surface area contributed by atoms with Gasteiger partial charge in [-0.25, -0.2) is 4.98 Å². The largest absolute Gasteiger partial charge is 0.490 e. The van der Waals surface area contributed by atoms with Crippen LogP contribution in [0.4, 0.5) is 4.39 Å². The van der Waals surface area contributed by atoms with Crippen molar-refractivity contribution in [3.8, 4) is 0 Å². The van der Waals surface area contributed by atoms with Crippen LogP contribution in [-0.2, 0) is 0 Å². The summed E-state index contributed by atoms with van der Waals surface area (Å²) in [6, 6.07) is 2.38. The molecule has 0 radical (unpaired) electrons. The number of rotatable bonds is 1. The van der Waals surface area contributed by atoms with E-state index in [9.17, 15) is 4.39 Å². The molecule has 0 amide bonds. The minimum absolute atomic E-state index is 0.228. The minimum atomic E-state index is -1.58. The van der Waals surface area contributed by atoms with Crippen molar-refractivity contribution in [2.45, 2.75) is 6.92 Å². The van der Waals surface area contributed by atoms with Gasteiger partial charge in [0.15, 0.2) is 0 Å². The lowest BCUT2D eigenvalue weighted by Gasteiger charge is -2.01. The first kappa shape index (κ1) is 8.16. The van der Waals surface area contributed by atoms with Crippen molar-refractivity contribution < 1.29 is 14.4 Å². The fraction of sp³-hybridized carbons (Fsp3) is 0.167. The van der Waals surface area contributed by atoms with Crippen molar-refractivity contribution in [1.82, 2.24) is 4.98 Å². The molecule has 0 aliphatic heterocycles. The summed E-state index contributed by atoms with van der Waals surface area (Å²) in [5, 5.41) is 17.4. The van der Waals surface area contributed by atoms with E-state index in [2.05, 4.69) is 4.98 Å². The molecule has 0 spiro atoms. The second-order valence-electron chi connectivity index (χ2n) is 2.18. The van der Waals surface area contributed by atoms with Crippen LogP contribution in [0.25, 0.3) is 0 Å². The van der Waals surface area contributed by atoms with Crippen LogP contribution < -0.4 is 5.46 Å². The van der Waals surface area contributed by atoms with Crippen molar-refractivity contribution in [3.05, 3.63) is 23.8 Å². The molecule has 1 rings (SSSR count). The summed E-state index contributed by atoms with van der Waals surface area (Å²) >= 11 is 0. The summed E-state index contributed by atoms with van der Waals surface area (Å²) in [7, 11) is -1.58. The highest BCUT2D eigenvalue weighted by Gasteiger charge is 2.14. The molecule has 11 heavy (non-hydrogen) atoms. The molecule has 2 N–H and O–H groups in total. The van der Waals surface area contributed by atoms with Gasteiger partial charge >= 0.3 is 7.12 Å². The van der Waals surface area contributed by atoms with E-state index >= 15 is 0 Å². The zero-order valence-corrected chi connectivity index (χ0v) is 5.95. The molecular formula is C6H7BFNO2. The third-order valence-corrected chi connectivity index (χ3v) is 1.37. The van der Waals surface area contributed by atoms with Gasteiger partial charge in [-0.3, -0.25) is 0 Å². The van der Waals surface area contributed by atoms with Crippen molar-refractivity contribution >= 4 is 12.6 Å². The highest BCUT2D eigenvalue weighted by Crippen LogP contribution is 1.93. The van der Waals surface area contributed by atoms with Crippen LogP contribution in [0.5, 0.6) is 0 Å². The second kappa shape index (κ2) is 2.98. The maximum Gasteiger partial charge on any atom is 0.490 e. The smallest absolute Gasteiger partial charge is 0.423 e. The molecular weight excluding hydrogens is 148 g/mol. The number of nitrogens with zero attached hydrogens (tertiary/aromatic N) is 1. The van der Waals surface area contributed by atoms with Gasteiger partial charge in [0.1, 0.15) is 0 Å². The topological polar surface area (TPSA) is 53.4 Å². The quantitative estimate of drug-likeness (QED) is 0.412. The third-order valence-electron chi connectivity index (χ3n) is 1.37. The van der Waals surface area contributed by atoms with Gasteiger partial charge in [0, 0.05) is 11.2 Å². The van der Waals surface area contributed by atoms with Gasteiger partial charge in [-0.15, -0.1) is 0 Å². The fourth-order valence-electron chi connectivity index (χ4n) is 0.814. The standard InChI is InChI=1S/C6H7BFNO2/c1-4-5(7(10)11)2-3-6(8)9-4/h2-3,10-11H,1H3. The summed E-state index contributed by atoms with van der Waals surface area (Å²) < 4.78 is 12.3. The fourth-order valence-corrected chi connectivity index (χ4v) is 0.814. The number of hydrogen-bond donors (Lipinski definition) is 2. The van der Waals surface area contributed by atoms with E-state index in [0.717, 1.165) is 6.07 Å². The molecule has 0 saturated carbocycles. The zero-order valence-electron chi connectivity index (χ0n) is 5.95. The lowest BCUT2D eigenvalue weighted by Crippen LogP contribution is -2.32. The summed E-state index contributed by atoms with van der Waals surface area (Å²) in [6.07, 6.45) is 0. The van der Waals surface area contributed by atoms with E-state index in [-0.39, 0.29) is 5.46 Å². The zero-order chi connectivity index (χ0) is 8.43. The molecule has 0 unspecified atom stereocenters. The summed E-state index contributed by atoms with van der Waals surface area (Å²) in [5.74, 6) is -0.619. The van der Waals surface area contributed by atoms with Crippen LogP contribution >= 0.6 is 0 Å². The molecule has 58 valence electrons. The average Bonchev–Trinajstić information content (AvgIpc) is 1.85. The highest BCUT2D eigenvalue weighted by molar-refractivity contribution is 6.59. The first-order valence-electron chi connectivity index (χ1n) is 3.10. The van der Waals surface area contributed by atoms with Crippen LogP contribution in [0.3, 0.4) is 0 Å². The van der Waals surface area contributed by atoms with Gasteiger partial charge in [0.25, 0.3) is 0 Å². The monoisotopic (exact) mass is 155 g/mol. The van der Waals surface area contributed by atoms with Gasteiger partial charge in [0.2, 0.25) is 5.95 Å². The van der Waals surface area contributed by atoms with Gasteiger partial charge in [-0.05, 0) is 13.0 Å². The summed E-state index contributed by atoms with van der Waals surface area (Å²) in [6.45, 7) is 1.51. The molecule has 1 heterocycles. The molecule has 3 nitrogen and oxygen atoms in total. The lowest BCUT2D eigenvalue weighted by atomic mass is 9.79. The van der Waals surface area contributed by atoms with Crippen molar-refractivity contribution in [1.29, 1.82) is 0 Å². The molecule has 5 heteroatoms. The Morgan fingerprint density at radius 3 is 2.55 bits per heavy atom. The Hall–Kier alpha value is -0.935. The van der Waals surface area contributed by atoms with Gasteiger partial charge < -0.3 is 10.0 Å². The second-order valence-corrected chi connectivity index (χ2v) is 2.18. The van der Waals surface area contributed by atoms with Gasteiger partial charge in [-0.1, -0.05) is 6.07 Å². The summed E-state index contributed by atoms with van der Waals surface area (Å²) in [4.78, 5) is 3.41. The maximum absolute atomic E-state index is 12.3. The number of halogens is 1. The Balaban J connectivity index is 3.09. The normalized spacial score (nSPS) is 9.82. The van der Waals surface area contributed by atoms with E-state index in [1.54, 1.807) is 0 Å². The Kier molecular flexibility index (Phi) is 2.21. The lowest BCUT2D eigenvalue weighted by molar-refractivity contribution is 0.425. The molecule has 0 aromatic carbocycles. The predicted molar refractivity (Wildman–Crippen MR) is 38.8 cm³/mol. The van der Waals surface area contributed by atoms with E-state index in [0.29, 0.717) is 5.69 Å². The van der Waals surface area contributed by atoms with Crippen LogP contribution in [0.2, 0.25) is 0 Å². The average molecular weight is 155 g/mol. The molecule has 0 aliphatic carbocycles. The van der Waals surface area contributed by atoms with Crippen molar-refractivity contribution in [2.75, 3.05) is 0 Å². The Bertz CT molecular complexity index is 267. The van der Waals surface area contributed by atoms with E-state index in [1.165, 1.54) is 13.0 Å².